The number of rotatable bonds is 7. The zero-order valence-corrected chi connectivity index (χ0v) is 9.75. The van der Waals surface area contributed by atoms with E-state index in [1.54, 1.807) is 0 Å². The largest absolute Gasteiger partial charge is 0.401 e. The number of hydrogen-bond acceptors (Lipinski definition) is 4. The first-order chi connectivity index (χ1) is 7.76. The van der Waals surface area contributed by atoms with E-state index in [9.17, 15) is 23.1 Å². The van der Waals surface area contributed by atoms with Gasteiger partial charge < -0.3 is 20.1 Å². The molecule has 0 saturated heterocycles. The molecule has 0 heterocycles. The van der Waals surface area contributed by atoms with Crippen LogP contribution in [0.4, 0.5) is 13.2 Å². The summed E-state index contributed by atoms with van der Waals surface area (Å²) in [5, 5.41) is 11.3. The Morgan fingerprint density at radius 2 is 2.12 bits per heavy atom. The SMILES string of the molecule is COCC(O)CN(C)C(=O)CNCC(F)(F)F. The molecule has 0 aromatic rings. The van der Waals surface area contributed by atoms with Crippen molar-refractivity contribution in [3.8, 4) is 0 Å². The Morgan fingerprint density at radius 1 is 1.53 bits per heavy atom. The van der Waals surface area contributed by atoms with Gasteiger partial charge in [-0.25, -0.2) is 0 Å². The number of ether oxygens (including phenoxy) is 1. The molecule has 0 spiro atoms. The number of aliphatic hydroxyl groups excluding tert-OH is 1. The number of nitrogens with one attached hydrogen (secondary N) is 1. The molecule has 17 heavy (non-hydrogen) atoms. The molecular formula is C9H17F3N2O3. The first-order valence-corrected chi connectivity index (χ1v) is 4.94. The number of alkyl halides is 3. The Morgan fingerprint density at radius 3 is 2.59 bits per heavy atom. The van der Waals surface area contributed by atoms with Crippen LogP contribution in [0.3, 0.4) is 0 Å². The molecule has 2 N–H and O–H groups in total. The molecule has 102 valence electrons. The first kappa shape index (κ1) is 16.1. The smallest absolute Gasteiger partial charge is 0.389 e. The molecule has 0 rings (SSSR count). The van der Waals surface area contributed by atoms with Crippen LogP contribution >= 0.6 is 0 Å². The molecule has 1 amide bonds. The van der Waals surface area contributed by atoms with Crippen LogP contribution in [-0.4, -0.2) is 68.6 Å². The Balaban J connectivity index is 3.82. The van der Waals surface area contributed by atoms with E-state index in [0.29, 0.717) is 0 Å². The summed E-state index contributed by atoms with van der Waals surface area (Å²) < 4.78 is 40.0. The Bertz CT molecular complexity index is 236. The Hall–Kier alpha value is -0.860. The summed E-state index contributed by atoms with van der Waals surface area (Å²) in [6.45, 7) is -1.56. The number of carbonyl (C=O) groups is 1. The second-order valence-corrected chi connectivity index (χ2v) is 3.60. The molecule has 0 aromatic heterocycles. The lowest BCUT2D eigenvalue weighted by Gasteiger charge is -2.20. The Kier molecular flexibility index (Phi) is 7.09. The molecule has 0 aliphatic carbocycles. The second kappa shape index (κ2) is 7.46. The number of methoxy groups -OCH3 is 1. The van der Waals surface area contributed by atoms with Gasteiger partial charge in [0.2, 0.25) is 5.91 Å². The fourth-order valence-electron chi connectivity index (χ4n) is 1.11. The number of amides is 1. The zero-order chi connectivity index (χ0) is 13.5. The molecule has 0 radical (unpaired) electrons. The van der Waals surface area contributed by atoms with Gasteiger partial charge in [0, 0.05) is 20.7 Å². The minimum absolute atomic E-state index is 0.0143. The summed E-state index contributed by atoms with van der Waals surface area (Å²) in [5.41, 5.74) is 0. The number of hydrogen-bond donors (Lipinski definition) is 2. The van der Waals surface area contributed by atoms with Gasteiger partial charge in [0.05, 0.1) is 25.8 Å². The van der Waals surface area contributed by atoms with Gasteiger partial charge in [0.15, 0.2) is 0 Å². The van der Waals surface area contributed by atoms with Crippen LogP contribution < -0.4 is 5.32 Å². The summed E-state index contributed by atoms with van der Waals surface area (Å²) >= 11 is 0. The highest BCUT2D eigenvalue weighted by Gasteiger charge is 2.26. The van der Waals surface area contributed by atoms with Crippen molar-refractivity contribution in [3.63, 3.8) is 0 Å². The van der Waals surface area contributed by atoms with E-state index >= 15 is 0 Å². The predicted octanol–water partition coefficient (Wildman–Crippen LogP) is -0.396. The molecule has 0 fully saturated rings. The first-order valence-electron chi connectivity index (χ1n) is 4.94. The standard InChI is InChI=1S/C9H17F3N2O3/c1-14(4-7(15)5-17-2)8(16)3-13-6-9(10,11)12/h7,13,15H,3-6H2,1-2H3. The van der Waals surface area contributed by atoms with Gasteiger partial charge in [-0.05, 0) is 0 Å². The van der Waals surface area contributed by atoms with Crippen LogP contribution in [-0.2, 0) is 9.53 Å². The van der Waals surface area contributed by atoms with Crippen LogP contribution in [0.2, 0.25) is 0 Å². The van der Waals surface area contributed by atoms with Crippen molar-refractivity contribution in [1.82, 2.24) is 10.2 Å². The van der Waals surface area contributed by atoms with E-state index < -0.39 is 31.3 Å². The number of nitrogens with zero attached hydrogens (tertiary/aromatic N) is 1. The molecule has 1 atom stereocenters. The molecule has 1 unspecified atom stereocenters. The number of likely N-dealkylation sites (N-methyl/N-ethyl adjacent to an activating group) is 1. The van der Waals surface area contributed by atoms with Crippen molar-refractivity contribution >= 4 is 5.91 Å². The minimum atomic E-state index is -4.34. The summed E-state index contributed by atoms with van der Waals surface area (Å²) in [4.78, 5) is 12.5. The average Bonchev–Trinajstić information content (AvgIpc) is 2.15. The van der Waals surface area contributed by atoms with Crippen LogP contribution in [0.25, 0.3) is 0 Å². The Labute approximate surface area is 97.5 Å². The fraction of sp³-hybridized carbons (Fsp3) is 0.889. The zero-order valence-electron chi connectivity index (χ0n) is 9.75. The van der Waals surface area contributed by atoms with E-state index in [4.69, 9.17) is 0 Å². The highest BCUT2D eigenvalue weighted by Crippen LogP contribution is 2.11. The van der Waals surface area contributed by atoms with Crippen molar-refractivity contribution < 1.29 is 27.8 Å². The van der Waals surface area contributed by atoms with Crippen molar-refractivity contribution in [1.29, 1.82) is 0 Å². The number of carbonyl (C=O) groups excluding carboxylic acids is 1. The van der Waals surface area contributed by atoms with Crippen molar-refractivity contribution in [2.45, 2.75) is 12.3 Å². The summed E-state index contributed by atoms with van der Waals surface area (Å²) in [6, 6.07) is 0. The topological polar surface area (TPSA) is 61.8 Å². The van der Waals surface area contributed by atoms with E-state index in [1.807, 2.05) is 5.32 Å². The molecule has 8 heteroatoms. The summed E-state index contributed by atoms with van der Waals surface area (Å²) in [6.07, 6.45) is -5.19. The maximum atomic E-state index is 11.8. The second-order valence-electron chi connectivity index (χ2n) is 3.60. The summed E-state index contributed by atoms with van der Waals surface area (Å²) in [7, 11) is 2.80. The van der Waals surface area contributed by atoms with Crippen LogP contribution in [0.1, 0.15) is 0 Å². The van der Waals surface area contributed by atoms with Gasteiger partial charge in [-0.15, -0.1) is 0 Å². The van der Waals surface area contributed by atoms with Crippen LogP contribution in [0.15, 0.2) is 0 Å². The molecule has 0 aliphatic rings. The van der Waals surface area contributed by atoms with E-state index in [-0.39, 0.29) is 13.2 Å². The third-order valence-corrected chi connectivity index (χ3v) is 1.87. The van der Waals surface area contributed by atoms with Crippen LogP contribution in [0.5, 0.6) is 0 Å². The molecular weight excluding hydrogens is 241 g/mol. The molecule has 5 nitrogen and oxygen atoms in total. The van der Waals surface area contributed by atoms with Gasteiger partial charge in [0.1, 0.15) is 0 Å². The van der Waals surface area contributed by atoms with Gasteiger partial charge in [-0.3, -0.25) is 4.79 Å². The molecule has 0 aliphatic heterocycles. The monoisotopic (exact) mass is 258 g/mol. The minimum Gasteiger partial charge on any atom is -0.389 e. The molecule has 0 aromatic carbocycles. The lowest BCUT2D eigenvalue weighted by atomic mass is 10.3. The van der Waals surface area contributed by atoms with Crippen molar-refractivity contribution in [2.24, 2.45) is 0 Å². The van der Waals surface area contributed by atoms with Gasteiger partial charge in [0.25, 0.3) is 0 Å². The van der Waals surface area contributed by atoms with Gasteiger partial charge in [-0.1, -0.05) is 0 Å². The normalized spacial score (nSPS) is 13.5. The number of aliphatic hydroxyl groups is 1. The lowest BCUT2D eigenvalue weighted by Crippen LogP contribution is -2.42. The van der Waals surface area contributed by atoms with E-state index in [0.717, 1.165) is 4.90 Å². The highest BCUT2D eigenvalue weighted by atomic mass is 19.4. The maximum Gasteiger partial charge on any atom is 0.401 e. The molecule has 0 bridgehead atoms. The van der Waals surface area contributed by atoms with Gasteiger partial charge >= 0.3 is 6.18 Å². The average molecular weight is 258 g/mol. The third kappa shape index (κ3) is 8.90. The third-order valence-electron chi connectivity index (χ3n) is 1.87. The fourth-order valence-corrected chi connectivity index (χ4v) is 1.11. The quantitative estimate of drug-likeness (QED) is 0.652. The molecule has 0 saturated carbocycles. The van der Waals surface area contributed by atoms with Crippen molar-refractivity contribution in [2.75, 3.05) is 40.4 Å². The van der Waals surface area contributed by atoms with Crippen LogP contribution in [0, 0.1) is 0 Å². The maximum absolute atomic E-state index is 11.8. The van der Waals surface area contributed by atoms with Gasteiger partial charge in [-0.2, -0.15) is 13.2 Å². The van der Waals surface area contributed by atoms with Crippen molar-refractivity contribution in [3.05, 3.63) is 0 Å². The number of halogens is 3. The summed E-state index contributed by atoms with van der Waals surface area (Å²) in [5.74, 6) is -0.524. The lowest BCUT2D eigenvalue weighted by molar-refractivity contribution is -0.134. The van der Waals surface area contributed by atoms with E-state index in [2.05, 4.69) is 4.74 Å². The van der Waals surface area contributed by atoms with E-state index in [1.165, 1.54) is 14.2 Å². The predicted molar refractivity (Wildman–Crippen MR) is 54.4 cm³/mol. The highest BCUT2D eigenvalue weighted by molar-refractivity contribution is 5.77.